The summed E-state index contributed by atoms with van der Waals surface area (Å²) in [6.07, 6.45) is 1.50. The van der Waals surface area contributed by atoms with Crippen molar-refractivity contribution >= 4 is 17.5 Å². The van der Waals surface area contributed by atoms with Crippen molar-refractivity contribution < 1.29 is 4.79 Å². The Morgan fingerprint density at radius 2 is 2.44 bits per heavy atom. The summed E-state index contributed by atoms with van der Waals surface area (Å²) in [5.74, 6) is -0.0225. The van der Waals surface area contributed by atoms with Crippen molar-refractivity contribution in [2.24, 2.45) is 0 Å². The third-order valence-corrected chi connectivity index (χ3v) is 2.93. The lowest BCUT2D eigenvalue weighted by atomic mass is 10.2. The maximum absolute atomic E-state index is 12.1. The smallest absolute Gasteiger partial charge is 0.272 e. The number of carbonyl (C=O) groups excluding carboxylic acids is 1. The molecule has 16 heavy (non-hydrogen) atoms. The third-order valence-electron chi connectivity index (χ3n) is 2.71. The zero-order chi connectivity index (χ0) is 11.5. The van der Waals surface area contributed by atoms with Gasteiger partial charge in [-0.25, -0.2) is 4.98 Å². The van der Waals surface area contributed by atoms with E-state index in [1.807, 2.05) is 11.8 Å². The summed E-state index contributed by atoms with van der Waals surface area (Å²) in [4.78, 5) is 18.0. The molecule has 0 bridgehead atoms. The molecule has 1 atom stereocenters. The Labute approximate surface area is 99.6 Å². The van der Waals surface area contributed by atoms with Crippen LogP contribution in [0.5, 0.6) is 0 Å². The monoisotopic (exact) mass is 239 g/mol. The number of halogens is 1. The summed E-state index contributed by atoms with van der Waals surface area (Å²) in [6, 6.07) is 3.56. The normalized spacial score (nSPS) is 20.9. The molecular weight excluding hydrogens is 226 g/mol. The first-order chi connectivity index (χ1) is 7.68. The summed E-state index contributed by atoms with van der Waals surface area (Å²) in [5.41, 5.74) is 0.457. The van der Waals surface area contributed by atoms with Gasteiger partial charge >= 0.3 is 0 Å². The Balaban J connectivity index is 2.14. The molecule has 1 aromatic rings. The number of hydrogen-bond donors (Lipinski definition) is 1. The van der Waals surface area contributed by atoms with Gasteiger partial charge in [-0.05, 0) is 19.1 Å². The Morgan fingerprint density at radius 3 is 3.06 bits per heavy atom. The van der Waals surface area contributed by atoms with Gasteiger partial charge in [-0.15, -0.1) is 0 Å². The molecule has 1 aromatic heterocycles. The maximum atomic E-state index is 12.1. The van der Waals surface area contributed by atoms with Crippen LogP contribution in [0.2, 0.25) is 5.02 Å². The van der Waals surface area contributed by atoms with Crippen LogP contribution in [0.4, 0.5) is 0 Å². The van der Waals surface area contributed by atoms with Crippen LogP contribution in [-0.4, -0.2) is 41.5 Å². The Hall–Kier alpha value is -1.13. The van der Waals surface area contributed by atoms with Gasteiger partial charge in [-0.3, -0.25) is 4.79 Å². The molecule has 5 heteroatoms. The van der Waals surface area contributed by atoms with Gasteiger partial charge in [0.15, 0.2) is 0 Å². The van der Waals surface area contributed by atoms with Gasteiger partial charge in [-0.1, -0.05) is 11.6 Å². The molecule has 1 fully saturated rings. The van der Waals surface area contributed by atoms with E-state index in [1.54, 1.807) is 12.1 Å². The standard InChI is InChI=1S/C11H14ClN3O/c1-8-6-13-4-5-15(8)11(16)10-3-2-9(12)7-14-10/h2-3,7-8,13H,4-6H2,1H3/t8-/m1/s1. The average Bonchev–Trinajstić information content (AvgIpc) is 2.30. The summed E-state index contributed by atoms with van der Waals surface area (Å²) in [5, 5.41) is 3.79. The fourth-order valence-corrected chi connectivity index (χ4v) is 1.90. The number of piperazine rings is 1. The van der Waals surface area contributed by atoms with Crippen molar-refractivity contribution in [3.05, 3.63) is 29.0 Å². The van der Waals surface area contributed by atoms with Gasteiger partial charge < -0.3 is 10.2 Å². The van der Waals surface area contributed by atoms with Crippen LogP contribution in [0, 0.1) is 0 Å². The second-order valence-electron chi connectivity index (χ2n) is 3.91. The summed E-state index contributed by atoms with van der Waals surface area (Å²) in [7, 11) is 0. The quantitative estimate of drug-likeness (QED) is 0.800. The molecule has 1 aliphatic rings. The predicted octanol–water partition coefficient (Wildman–Crippen LogP) is 1.17. The first kappa shape index (κ1) is 11.4. The number of nitrogens with one attached hydrogen (secondary N) is 1. The van der Waals surface area contributed by atoms with Crippen LogP contribution in [0.15, 0.2) is 18.3 Å². The molecule has 0 spiro atoms. The van der Waals surface area contributed by atoms with Gasteiger partial charge in [-0.2, -0.15) is 0 Å². The van der Waals surface area contributed by atoms with Crippen LogP contribution < -0.4 is 5.32 Å². The largest absolute Gasteiger partial charge is 0.332 e. The van der Waals surface area contributed by atoms with Crippen LogP contribution in [0.1, 0.15) is 17.4 Å². The number of pyridine rings is 1. The van der Waals surface area contributed by atoms with E-state index in [-0.39, 0.29) is 11.9 Å². The first-order valence-electron chi connectivity index (χ1n) is 5.32. The van der Waals surface area contributed by atoms with E-state index in [2.05, 4.69) is 10.3 Å². The molecule has 2 heterocycles. The highest BCUT2D eigenvalue weighted by molar-refractivity contribution is 6.30. The lowest BCUT2D eigenvalue weighted by Crippen LogP contribution is -2.52. The van der Waals surface area contributed by atoms with E-state index in [0.29, 0.717) is 10.7 Å². The van der Waals surface area contributed by atoms with Crippen LogP contribution in [0.3, 0.4) is 0 Å². The molecule has 4 nitrogen and oxygen atoms in total. The maximum Gasteiger partial charge on any atom is 0.272 e. The predicted molar refractivity (Wildman–Crippen MR) is 62.6 cm³/mol. The minimum absolute atomic E-state index is 0.0225. The lowest BCUT2D eigenvalue weighted by molar-refractivity contribution is 0.0649. The van der Waals surface area contributed by atoms with E-state index in [1.165, 1.54) is 6.20 Å². The van der Waals surface area contributed by atoms with Gasteiger partial charge in [0.1, 0.15) is 5.69 Å². The van der Waals surface area contributed by atoms with E-state index >= 15 is 0 Å². The fourth-order valence-electron chi connectivity index (χ4n) is 1.79. The van der Waals surface area contributed by atoms with E-state index in [9.17, 15) is 4.79 Å². The molecule has 0 aliphatic carbocycles. The lowest BCUT2D eigenvalue weighted by Gasteiger charge is -2.33. The first-order valence-corrected chi connectivity index (χ1v) is 5.69. The second kappa shape index (κ2) is 4.80. The third kappa shape index (κ3) is 2.33. The van der Waals surface area contributed by atoms with Crippen molar-refractivity contribution in [2.45, 2.75) is 13.0 Å². The molecular formula is C11H14ClN3O. The van der Waals surface area contributed by atoms with Gasteiger partial charge in [0.25, 0.3) is 5.91 Å². The minimum atomic E-state index is -0.0225. The molecule has 1 saturated heterocycles. The van der Waals surface area contributed by atoms with Crippen molar-refractivity contribution in [1.29, 1.82) is 0 Å². The van der Waals surface area contributed by atoms with Crippen LogP contribution >= 0.6 is 11.6 Å². The average molecular weight is 240 g/mol. The van der Waals surface area contributed by atoms with E-state index < -0.39 is 0 Å². The number of hydrogen-bond acceptors (Lipinski definition) is 3. The van der Waals surface area contributed by atoms with E-state index in [4.69, 9.17) is 11.6 Å². The van der Waals surface area contributed by atoms with Crippen LogP contribution in [0.25, 0.3) is 0 Å². The number of carbonyl (C=O) groups is 1. The number of amides is 1. The highest BCUT2D eigenvalue weighted by Gasteiger charge is 2.24. The second-order valence-corrected chi connectivity index (χ2v) is 4.35. The molecule has 0 unspecified atom stereocenters. The number of aromatic nitrogens is 1. The van der Waals surface area contributed by atoms with E-state index in [0.717, 1.165) is 19.6 Å². The van der Waals surface area contributed by atoms with Crippen molar-refractivity contribution in [3.8, 4) is 0 Å². The summed E-state index contributed by atoms with van der Waals surface area (Å²) in [6.45, 7) is 4.42. The molecule has 0 aromatic carbocycles. The van der Waals surface area contributed by atoms with Gasteiger partial charge in [0.2, 0.25) is 0 Å². The Kier molecular flexibility index (Phi) is 3.41. The van der Waals surface area contributed by atoms with Crippen LogP contribution in [-0.2, 0) is 0 Å². The highest BCUT2D eigenvalue weighted by atomic mass is 35.5. The van der Waals surface area contributed by atoms with Gasteiger partial charge in [0, 0.05) is 31.9 Å². The summed E-state index contributed by atoms with van der Waals surface area (Å²) >= 11 is 5.73. The number of nitrogens with zero attached hydrogens (tertiary/aromatic N) is 2. The van der Waals surface area contributed by atoms with Crippen molar-refractivity contribution in [1.82, 2.24) is 15.2 Å². The molecule has 0 saturated carbocycles. The molecule has 0 radical (unpaired) electrons. The SMILES string of the molecule is C[C@@H]1CNCCN1C(=O)c1ccc(Cl)cn1. The number of rotatable bonds is 1. The zero-order valence-corrected chi connectivity index (χ0v) is 9.87. The molecule has 1 amide bonds. The molecule has 1 aliphatic heterocycles. The van der Waals surface area contributed by atoms with Gasteiger partial charge in [0.05, 0.1) is 5.02 Å². The van der Waals surface area contributed by atoms with Crippen molar-refractivity contribution in [3.63, 3.8) is 0 Å². The highest BCUT2D eigenvalue weighted by Crippen LogP contribution is 2.11. The Bertz CT molecular complexity index is 379. The zero-order valence-electron chi connectivity index (χ0n) is 9.11. The fraction of sp³-hybridized carbons (Fsp3) is 0.455. The Morgan fingerprint density at radius 1 is 1.62 bits per heavy atom. The minimum Gasteiger partial charge on any atom is -0.332 e. The molecule has 86 valence electrons. The summed E-state index contributed by atoms with van der Waals surface area (Å²) < 4.78 is 0. The topological polar surface area (TPSA) is 45.2 Å². The van der Waals surface area contributed by atoms with Crippen molar-refractivity contribution in [2.75, 3.05) is 19.6 Å². The molecule has 2 rings (SSSR count). The molecule has 1 N–H and O–H groups in total.